The summed E-state index contributed by atoms with van der Waals surface area (Å²) in [5, 5.41) is 15.7. The van der Waals surface area contributed by atoms with E-state index in [9.17, 15) is 0 Å². The van der Waals surface area contributed by atoms with Crippen LogP contribution in [0.5, 0.6) is 0 Å². The number of halogens is 1. The van der Waals surface area contributed by atoms with Gasteiger partial charge in [0.1, 0.15) is 12.4 Å². The number of ether oxygens (including phenoxy) is 2. The molecule has 9 nitrogen and oxygen atoms in total. The molecule has 1 atom stereocenters. The maximum absolute atomic E-state index is 6.29. The van der Waals surface area contributed by atoms with Gasteiger partial charge in [-0.15, -0.1) is 34.2 Å². The third kappa shape index (κ3) is 7.01. The molecule has 10 heteroatoms. The number of guanidine groups is 1. The fraction of sp³-hybridized carbons (Fsp3) is 0.864. The standard InChI is InChI=1S/C22H39N7O2.HI/c1-18-26-27-20(28(18)2)17-24-21(23-9-10-29-11-14-30-15-12-29)25-19-6-13-31-22(16-19)7-4-3-5-8-22;/h19H,3-17H2,1-2H3,(H2,23,24,25);1H. The largest absolute Gasteiger partial charge is 0.379 e. The van der Waals surface area contributed by atoms with Gasteiger partial charge in [-0.1, -0.05) is 19.3 Å². The Morgan fingerprint density at radius 3 is 2.66 bits per heavy atom. The summed E-state index contributed by atoms with van der Waals surface area (Å²) < 4.78 is 13.7. The van der Waals surface area contributed by atoms with Gasteiger partial charge in [-0.05, 0) is 32.6 Å². The lowest BCUT2D eigenvalue weighted by Gasteiger charge is -2.44. The first-order chi connectivity index (χ1) is 15.1. The van der Waals surface area contributed by atoms with Gasteiger partial charge in [-0.2, -0.15) is 0 Å². The third-order valence-corrected chi connectivity index (χ3v) is 6.98. The number of hydrogen-bond donors (Lipinski definition) is 2. The second-order valence-corrected chi connectivity index (χ2v) is 9.19. The highest BCUT2D eigenvalue weighted by molar-refractivity contribution is 14.0. The van der Waals surface area contributed by atoms with Gasteiger partial charge in [-0.3, -0.25) is 4.90 Å². The van der Waals surface area contributed by atoms with Crippen LogP contribution in [0.4, 0.5) is 0 Å². The second kappa shape index (κ2) is 12.5. The molecule has 1 aromatic rings. The van der Waals surface area contributed by atoms with Crippen molar-refractivity contribution in [1.82, 2.24) is 30.3 Å². The van der Waals surface area contributed by atoms with Crippen molar-refractivity contribution < 1.29 is 9.47 Å². The number of aryl methyl sites for hydroxylation is 1. The minimum absolute atomic E-state index is 0. The lowest BCUT2D eigenvalue weighted by Crippen LogP contribution is -2.53. The molecule has 0 bridgehead atoms. The Hall–Kier alpha value is -0.980. The molecule has 3 fully saturated rings. The Labute approximate surface area is 209 Å². The summed E-state index contributed by atoms with van der Waals surface area (Å²) in [6.45, 7) is 8.82. The topological polar surface area (TPSA) is 88.8 Å². The smallest absolute Gasteiger partial charge is 0.191 e. The number of aliphatic imine (C=N–C) groups is 1. The van der Waals surface area contributed by atoms with Crippen molar-refractivity contribution in [3.63, 3.8) is 0 Å². The number of nitrogens with one attached hydrogen (secondary N) is 2. The van der Waals surface area contributed by atoms with Crippen molar-refractivity contribution in [2.24, 2.45) is 12.0 Å². The maximum atomic E-state index is 6.29. The molecule has 3 heterocycles. The van der Waals surface area contributed by atoms with Gasteiger partial charge in [0, 0.05) is 45.9 Å². The van der Waals surface area contributed by atoms with E-state index in [0.717, 1.165) is 76.4 Å². The highest BCUT2D eigenvalue weighted by atomic mass is 127. The number of hydrogen-bond acceptors (Lipinski definition) is 6. The van der Waals surface area contributed by atoms with E-state index in [-0.39, 0.29) is 29.6 Å². The molecular formula is C22H40IN7O2. The van der Waals surface area contributed by atoms with Gasteiger partial charge in [0.05, 0.1) is 18.8 Å². The molecule has 1 unspecified atom stereocenters. The molecular weight excluding hydrogens is 521 g/mol. The normalized spacial score (nSPS) is 24.2. The van der Waals surface area contributed by atoms with E-state index in [4.69, 9.17) is 14.5 Å². The number of morpholine rings is 1. The molecule has 3 aliphatic rings. The molecule has 1 saturated carbocycles. The Bertz CT molecular complexity index is 724. The van der Waals surface area contributed by atoms with E-state index in [1.54, 1.807) is 0 Å². The van der Waals surface area contributed by atoms with Crippen molar-refractivity contribution in [2.45, 2.75) is 70.1 Å². The van der Waals surface area contributed by atoms with E-state index in [1.807, 2.05) is 18.5 Å². The van der Waals surface area contributed by atoms with Crippen LogP contribution in [0.15, 0.2) is 4.99 Å². The Morgan fingerprint density at radius 2 is 1.94 bits per heavy atom. The van der Waals surface area contributed by atoms with E-state index < -0.39 is 0 Å². The summed E-state index contributed by atoms with van der Waals surface area (Å²) in [5.74, 6) is 2.65. The summed E-state index contributed by atoms with van der Waals surface area (Å²) >= 11 is 0. The van der Waals surface area contributed by atoms with Crippen LogP contribution >= 0.6 is 24.0 Å². The fourth-order valence-electron chi connectivity index (χ4n) is 4.94. The van der Waals surface area contributed by atoms with E-state index >= 15 is 0 Å². The molecule has 2 aliphatic heterocycles. The number of aromatic nitrogens is 3. The van der Waals surface area contributed by atoms with Crippen molar-refractivity contribution in [3.8, 4) is 0 Å². The molecule has 182 valence electrons. The first kappa shape index (κ1) is 25.6. The van der Waals surface area contributed by atoms with Crippen LogP contribution in [0.3, 0.4) is 0 Å². The average Bonchev–Trinajstić information content (AvgIpc) is 3.11. The maximum Gasteiger partial charge on any atom is 0.191 e. The summed E-state index contributed by atoms with van der Waals surface area (Å²) in [6.07, 6.45) is 8.40. The van der Waals surface area contributed by atoms with Crippen molar-refractivity contribution in [1.29, 1.82) is 0 Å². The SMILES string of the molecule is Cc1nnc(CN=C(NCCN2CCOCC2)NC2CCOC3(CCCCC3)C2)n1C.I. The first-order valence-corrected chi connectivity index (χ1v) is 12.0. The second-order valence-electron chi connectivity index (χ2n) is 9.19. The quantitative estimate of drug-likeness (QED) is 0.312. The Balaban J connectivity index is 0.00000289. The summed E-state index contributed by atoms with van der Waals surface area (Å²) in [7, 11) is 1.99. The lowest BCUT2D eigenvalue weighted by molar-refractivity contribution is -0.107. The minimum Gasteiger partial charge on any atom is -0.379 e. The summed E-state index contributed by atoms with van der Waals surface area (Å²) in [4.78, 5) is 7.30. The minimum atomic E-state index is 0. The van der Waals surface area contributed by atoms with Crippen LogP contribution in [-0.2, 0) is 23.1 Å². The van der Waals surface area contributed by atoms with Crippen molar-refractivity contribution in [2.75, 3.05) is 46.0 Å². The number of rotatable bonds is 6. The molecule has 1 spiro atoms. The van der Waals surface area contributed by atoms with Gasteiger partial charge in [0.2, 0.25) is 0 Å². The van der Waals surface area contributed by atoms with Crippen LogP contribution in [0, 0.1) is 6.92 Å². The van der Waals surface area contributed by atoms with Gasteiger partial charge in [-0.25, -0.2) is 4.99 Å². The van der Waals surface area contributed by atoms with Crippen molar-refractivity contribution >= 4 is 29.9 Å². The zero-order valence-electron chi connectivity index (χ0n) is 19.6. The molecule has 4 rings (SSSR count). The molecule has 0 amide bonds. The molecule has 32 heavy (non-hydrogen) atoms. The highest BCUT2D eigenvalue weighted by Gasteiger charge is 2.38. The zero-order chi connectivity index (χ0) is 21.5. The lowest BCUT2D eigenvalue weighted by atomic mass is 9.78. The van der Waals surface area contributed by atoms with Crippen molar-refractivity contribution in [3.05, 3.63) is 11.6 Å². The summed E-state index contributed by atoms with van der Waals surface area (Å²) in [6, 6.07) is 0.391. The van der Waals surface area contributed by atoms with Crippen LogP contribution in [0.1, 0.15) is 56.6 Å². The average molecular weight is 562 g/mol. The first-order valence-electron chi connectivity index (χ1n) is 12.0. The van der Waals surface area contributed by atoms with Crippen LogP contribution in [0.2, 0.25) is 0 Å². The zero-order valence-corrected chi connectivity index (χ0v) is 22.0. The third-order valence-electron chi connectivity index (χ3n) is 6.98. The Morgan fingerprint density at radius 1 is 1.16 bits per heavy atom. The van der Waals surface area contributed by atoms with E-state index in [0.29, 0.717) is 12.6 Å². The predicted octanol–water partition coefficient (Wildman–Crippen LogP) is 1.99. The van der Waals surface area contributed by atoms with E-state index in [2.05, 4.69) is 25.7 Å². The number of nitrogens with zero attached hydrogens (tertiary/aromatic N) is 5. The van der Waals surface area contributed by atoms with Gasteiger partial charge >= 0.3 is 0 Å². The highest BCUT2D eigenvalue weighted by Crippen LogP contribution is 2.38. The Kier molecular flexibility index (Phi) is 9.99. The van der Waals surface area contributed by atoms with Gasteiger partial charge < -0.3 is 24.7 Å². The predicted molar refractivity (Wildman–Crippen MR) is 135 cm³/mol. The van der Waals surface area contributed by atoms with Crippen LogP contribution < -0.4 is 10.6 Å². The molecule has 1 aliphatic carbocycles. The summed E-state index contributed by atoms with van der Waals surface area (Å²) in [5.41, 5.74) is 0.0772. The molecule has 0 aromatic carbocycles. The molecule has 1 aromatic heterocycles. The molecule has 2 N–H and O–H groups in total. The monoisotopic (exact) mass is 561 g/mol. The van der Waals surface area contributed by atoms with Crippen LogP contribution in [-0.4, -0.2) is 83.3 Å². The van der Waals surface area contributed by atoms with Gasteiger partial charge in [0.25, 0.3) is 0 Å². The van der Waals surface area contributed by atoms with Crippen LogP contribution in [0.25, 0.3) is 0 Å². The van der Waals surface area contributed by atoms with Gasteiger partial charge in [0.15, 0.2) is 11.8 Å². The fourth-order valence-corrected chi connectivity index (χ4v) is 4.94. The molecule has 0 radical (unpaired) electrons. The van der Waals surface area contributed by atoms with E-state index in [1.165, 1.54) is 32.1 Å². The molecule has 2 saturated heterocycles.